The number of aliphatic hydroxyl groups excluding tert-OH is 9. The van der Waals surface area contributed by atoms with Crippen LogP contribution in [0.2, 0.25) is 0 Å². The zero-order valence-electron chi connectivity index (χ0n) is 27.7. The van der Waals surface area contributed by atoms with E-state index >= 15 is 0 Å². The molecule has 3 fully saturated rings. The molecule has 20 heteroatoms. The summed E-state index contributed by atoms with van der Waals surface area (Å²) in [5.41, 5.74) is -0.00795. The van der Waals surface area contributed by atoms with Gasteiger partial charge in [-0.05, 0) is 19.1 Å². The Kier molecular flexibility index (Phi) is 11.5. The first-order valence-corrected chi connectivity index (χ1v) is 16.4. The quantitative estimate of drug-likeness (QED) is 0.0767. The Bertz CT molecular complexity index is 1740. The predicted octanol–water partition coefficient (Wildman–Crippen LogP) is -2.94. The molecule has 0 aliphatic carbocycles. The Balaban J connectivity index is 1.37. The highest BCUT2D eigenvalue weighted by molar-refractivity contribution is 5.88. The van der Waals surface area contributed by atoms with E-state index in [2.05, 4.69) is 0 Å². The number of rotatable bonds is 9. The molecule has 3 aliphatic rings. The van der Waals surface area contributed by atoms with Crippen LogP contribution >= 0.6 is 0 Å². The zero-order chi connectivity index (χ0) is 38.5. The van der Waals surface area contributed by atoms with Gasteiger partial charge in [0.2, 0.25) is 12.0 Å². The Morgan fingerprint density at radius 3 is 2.00 bits per heavy atom. The first-order chi connectivity index (χ1) is 25.1. The van der Waals surface area contributed by atoms with Gasteiger partial charge >= 0.3 is 11.3 Å². The van der Waals surface area contributed by atoms with Crippen LogP contribution in [0.15, 0.2) is 40.8 Å². The van der Waals surface area contributed by atoms with Gasteiger partial charge in [-0.15, -0.1) is 0 Å². The smallest absolute Gasteiger partial charge is 0.402 e. The van der Waals surface area contributed by atoms with Crippen molar-refractivity contribution in [2.24, 2.45) is 0 Å². The minimum Gasteiger partial charge on any atom is -0.507 e. The molecule has 3 aliphatic heterocycles. The van der Waals surface area contributed by atoms with Crippen molar-refractivity contribution in [3.05, 3.63) is 36.4 Å². The number of hydrogen-bond acceptors (Lipinski definition) is 19. The van der Waals surface area contributed by atoms with Crippen molar-refractivity contribution >= 4 is 11.0 Å². The van der Waals surface area contributed by atoms with Crippen LogP contribution in [0.3, 0.4) is 0 Å². The highest BCUT2D eigenvalue weighted by Gasteiger charge is 2.52. The van der Waals surface area contributed by atoms with Crippen LogP contribution < -0.4 is 4.74 Å². The molecule has 292 valence electrons. The second-order valence-electron chi connectivity index (χ2n) is 13.0. The number of fused-ring (bicyclic) bond motifs is 1. The van der Waals surface area contributed by atoms with Crippen molar-refractivity contribution in [3.8, 4) is 40.1 Å². The molecule has 0 saturated carbocycles. The molecule has 2 aromatic carbocycles. The molecule has 0 amide bonds. The van der Waals surface area contributed by atoms with Gasteiger partial charge in [-0.25, -0.2) is 4.42 Å². The fraction of sp³-hybridized carbons (Fsp3) is 0.545. The summed E-state index contributed by atoms with van der Waals surface area (Å²) in [5.74, 6) is -2.41. The molecule has 13 N–H and O–H groups in total. The molecule has 0 radical (unpaired) electrons. The fourth-order valence-electron chi connectivity index (χ4n) is 6.22. The van der Waals surface area contributed by atoms with E-state index in [0.29, 0.717) is 0 Å². The summed E-state index contributed by atoms with van der Waals surface area (Å²) in [4.78, 5) is 0. The first kappa shape index (κ1) is 39.0. The minimum absolute atomic E-state index is 0.0227. The maximum absolute atomic E-state index is 11.4. The van der Waals surface area contributed by atoms with Crippen LogP contribution in [-0.4, -0.2) is 172 Å². The molecule has 53 heavy (non-hydrogen) atoms. The van der Waals surface area contributed by atoms with Crippen molar-refractivity contribution in [2.75, 3.05) is 13.2 Å². The lowest BCUT2D eigenvalue weighted by Gasteiger charge is -2.46. The minimum atomic E-state index is -2.00. The molecule has 0 bridgehead atoms. The summed E-state index contributed by atoms with van der Waals surface area (Å²) in [5, 5.41) is 135. The highest BCUT2D eigenvalue weighted by Crippen LogP contribution is 2.43. The average Bonchev–Trinajstić information content (AvgIpc) is 3.12. The van der Waals surface area contributed by atoms with Gasteiger partial charge in [-0.2, -0.15) is 0 Å². The van der Waals surface area contributed by atoms with Crippen LogP contribution in [0.5, 0.6) is 28.7 Å². The Morgan fingerprint density at radius 1 is 0.642 bits per heavy atom. The molecule has 15 atom stereocenters. The van der Waals surface area contributed by atoms with E-state index in [0.717, 1.165) is 24.3 Å². The highest BCUT2D eigenvalue weighted by atomic mass is 16.8. The molecular formula is C33H41O20+. The molecular weight excluding hydrogens is 716 g/mol. The Hall–Kier alpha value is -3.71. The lowest BCUT2D eigenvalue weighted by atomic mass is 9.97. The van der Waals surface area contributed by atoms with Crippen LogP contribution in [0.1, 0.15) is 6.92 Å². The zero-order valence-corrected chi connectivity index (χ0v) is 27.7. The second kappa shape index (κ2) is 15.6. The average molecular weight is 758 g/mol. The van der Waals surface area contributed by atoms with Gasteiger partial charge < -0.3 is 94.8 Å². The number of benzene rings is 2. The summed E-state index contributed by atoms with van der Waals surface area (Å²) < 4.78 is 40.4. The van der Waals surface area contributed by atoms with Crippen LogP contribution in [-0.2, 0) is 23.7 Å². The van der Waals surface area contributed by atoms with Crippen molar-refractivity contribution in [2.45, 2.75) is 99.0 Å². The topological polar surface area (TPSA) is 330 Å². The van der Waals surface area contributed by atoms with E-state index in [1.54, 1.807) is 0 Å². The van der Waals surface area contributed by atoms with Crippen LogP contribution in [0, 0.1) is 0 Å². The molecule has 1 unspecified atom stereocenters. The van der Waals surface area contributed by atoms with E-state index in [1.165, 1.54) is 19.1 Å². The fourth-order valence-corrected chi connectivity index (χ4v) is 6.22. The van der Waals surface area contributed by atoms with E-state index in [-0.39, 0.29) is 33.8 Å². The van der Waals surface area contributed by atoms with Crippen molar-refractivity contribution < 1.29 is 99.2 Å². The lowest BCUT2D eigenvalue weighted by molar-refractivity contribution is -0.362. The monoisotopic (exact) mass is 757 g/mol. The number of ether oxygens (including phenoxy) is 6. The summed E-state index contributed by atoms with van der Waals surface area (Å²) >= 11 is 0. The van der Waals surface area contributed by atoms with Gasteiger partial charge in [0.05, 0.1) is 30.9 Å². The van der Waals surface area contributed by atoms with Gasteiger partial charge in [0, 0.05) is 18.2 Å². The third-order valence-corrected chi connectivity index (χ3v) is 9.31. The summed E-state index contributed by atoms with van der Waals surface area (Å²) in [6.07, 6.45) is -25.4. The van der Waals surface area contributed by atoms with Gasteiger partial charge in [0.25, 0.3) is 0 Å². The number of hydrogen-bond donors (Lipinski definition) is 13. The Morgan fingerprint density at radius 2 is 1.30 bits per heavy atom. The van der Waals surface area contributed by atoms with E-state index in [4.69, 9.17) is 32.8 Å². The lowest BCUT2D eigenvalue weighted by Crippen LogP contribution is -2.65. The summed E-state index contributed by atoms with van der Waals surface area (Å²) in [6.45, 7) is -0.0603. The molecule has 20 nitrogen and oxygen atoms in total. The standard InChI is InChI=1S/C33H40O20/c1-10-21(39)24(42)27(45)31(48-10)47-9-20-23(41)26(44)30(53-32-28(46)25(43)22(40)19(8-34)51-32)33(52-20)50-18-7-13-15(37)5-12(35)6-17(13)49-29(18)11-2-3-14(36)16(38)4-11/h2-7,10,19-28,30-34,39-46H,8-9H2,1H3,(H3-,35,36,37,38)/p+1/t10-,19+,20+,21-,22+,23+,24+,25-,26-,27+,28+,30+,31+,32?,33+/m0/s1. The molecule has 6 rings (SSSR count). The van der Waals surface area contributed by atoms with Crippen LogP contribution in [0.4, 0.5) is 0 Å². The maximum Gasteiger partial charge on any atom is 0.402 e. The normalized spacial score (nSPS) is 37.8. The summed E-state index contributed by atoms with van der Waals surface area (Å²) in [7, 11) is 0. The molecule has 0 spiro atoms. The molecule has 4 heterocycles. The number of aromatic hydroxyl groups is 4. The van der Waals surface area contributed by atoms with E-state index in [9.17, 15) is 66.4 Å². The Labute approximate surface area is 299 Å². The van der Waals surface area contributed by atoms with Gasteiger partial charge in [0.15, 0.2) is 30.2 Å². The summed E-state index contributed by atoms with van der Waals surface area (Å²) in [6, 6.07) is 6.93. The first-order valence-electron chi connectivity index (χ1n) is 16.4. The van der Waals surface area contributed by atoms with Crippen molar-refractivity contribution in [1.29, 1.82) is 0 Å². The predicted molar refractivity (Wildman–Crippen MR) is 171 cm³/mol. The number of phenols is 4. The van der Waals surface area contributed by atoms with Gasteiger partial charge in [0.1, 0.15) is 77.9 Å². The van der Waals surface area contributed by atoms with Crippen molar-refractivity contribution in [1.82, 2.24) is 0 Å². The number of phenolic OH excluding ortho intramolecular Hbond substituents is 4. The molecule has 3 aromatic rings. The van der Waals surface area contributed by atoms with E-state index in [1.807, 2.05) is 0 Å². The maximum atomic E-state index is 11.4. The third-order valence-electron chi connectivity index (χ3n) is 9.31. The van der Waals surface area contributed by atoms with E-state index < -0.39 is 123 Å². The van der Waals surface area contributed by atoms with Crippen LogP contribution in [0.25, 0.3) is 22.3 Å². The third kappa shape index (κ3) is 7.65. The largest absolute Gasteiger partial charge is 0.507 e. The number of aliphatic hydroxyl groups is 9. The molecule has 3 saturated heterocycles. The van der Waals surface area contributed by atoms with Crippen molar-refractivity contribution in [3.63, 3.8) is 0 Å². The molecule has 1 aromatic heterocycles. The SMILES string of the molecule is C[C@@H]1O[C@@H](OC[C@H]2O[C@@H](Oc3cc4c(O)cc(O)cc4[o+]c3-c3ccc(O)c(O)c3)[C@H](OC3O[C@H](CO)[C@@H](O)[C@H](O)[C@H]3O)[C@@H](O)[C@@H]2O)[C@H](O)[C@H](O)[C@H]1O. The van der Waals surface area contributed by atoms with Gasteiger partial charge in [-0.1, -0.05) is 0 Å². The second-order valence-corrected chi connectivity index (χ2v) is 13.0. The van der Waals surface area contributed by atoms with Gasteiger partial charge in [-0.3, -0.25) is 0 Å².